The van der Waals surface area contributed by atoms with Gasteiger partial charge in [-0.25, -0.2) is 9.78 Å². The van der Waals surface area contributed by atoms with Crippen molar-refractivity contribution in [1.29, 1.82) is 0 Å². The van der Waals surface area contributed by atoms with Crippen LogP contribution in [-0.4, -0.2) is 20.6 Å². The van der Waals surface area contributed by atoms with Crippen LogP contribution in [-0.2, 0) is 0 Å². The molecule has 1 unspecified atom stereocenters. The number of carboxylic acid groups (broad SMARTS) is 1. The summed E-state index contributed by atoms with van der Waals surface area (Å²) in [7, 11) is 0. The van der Waals surface area contributed by atoms with Crippen LogP contribution in [0.3, 0.4) is 0 Å². The Labute approximate surface area is 124 Å². The Balaban J connectivity index is 2.14. The van der Waals surface area contributed by atoms with Crippen LogP contribution in [0, 0.1) is 12.3 Å². The number of benzene rings is 1. The molecule has 1 aliphatic rings. The first-order valence-corrected chi connectivity index (χ1v) is 7.62. The van der Waals surface area contributed by atoms with E-state index in [0.29, 0.717) is 11.6 Å². The molecule has 21 heavy (non-hydrogen) atoms. The number of aryl methyl sites for hydroxylation is 1. The van der Waals surface area contributed by atoms with Crippen LogP contribution in [0.15, 0.2) is 18.2 Å². The highest BCUT2D eigenvalue weighted by atomic mass is 16.4. The molecule has 4 heteroatoms. The van der Waals surface area contributed by atoms with Gasteiger partial charge in [-0.15, -0.1) is 0 Å². The lowest BCUT2D eigenvalue weighted by Crippen LogP contribution is -2.31. The minimum atomic E-state index is -0.901. The van der Waals surface area contributed by atoms with Gasteiger partial charge in [-0.1, -0.05) is 26.7 Å². The summed E-state index contributed by atoms with van der Waals surface area (Å²) in [6.07, 6.45) is 4.93. The van der Waals surface area contributed by atoms with Gasteiger partial charge in [-0.05, 0) is 43.4 Å². The minimum absolute atomic E-state index is 0.252. The first-order valence-electron chi connectivity index (χ1n) is 7.62. The number of hydrogen-bond donors (Lipinski definition) is 1. The van der Waals surface area contributed by atoms with E-state index >= 15 is 0 Å². The van der Waals surface area contributed by atoms with E-state index in [-0.39, 0.29) is 5.41 Å². The van der Waals surface area contributed by atoms with Gasteiger partial charge in [0.15, 0.2) is 0 Å². The van der Waals surface area contributed by atoms with E-state index in [1.165, 1.54) is 25.7 Å². The Bertz CT molecular complexity index is 700. The Kier molecular flexibility index (Phi) is 3.27. The van der Waals surface area contributed by atoms with Crippen molar-refractivity contribution in [2.45, 2.75) is 52.5 Å². The standard InChI is InChI=1S/C17H22N2O2/c1-11-18-13-10-12(16(20)21)7-8-14(13)19(11)15-6-4-5-9-17(15,2)3/h7-8,10,15H,4-6,9H2,1-3H3,(H,20,21). The molecule has 0 amide bonds. The molecule has 1 N–H and O–H groups in total. The fourth-order valence-corrected chi connectivity index (χ4v) is 3.70. The van der Waals surface area contributed by atoms with Crippen molar-refractivity contribution in [2.75, 3.05) is 0 Å². The average molecular weight is 286 g/mol. The second kappa shape index (κ2) is 4.86. The summed E-state index contributed by atoms with van der Waals surface area (Å²) in [4.78, 5) is 15.7. The zero-order valence-electron chi connectivity index (χ0n) is 12.9. The maximum absolute atomic E-state index is 11.1. The van der Waals surface area contributed by atoms with Gasteiger partial charge in [0.1, 0.15) is 5.82 Å². The number of aromatic carboxylic acids is 1. The molecule has 1 aromatic carbocycles. The second-order valence-corrected chi connectivity index (χ2v) is 6.79. The molecule has 2 aromatic rings. The third-order valence-electron chi connectivity index (χ3n) is 4.88. The predicted octanol–water partition coefficient (Wildman–Crippen LogP) is 4.18. The SMILES string of the molecule is Cc1nc2cc(C(=O)O)ccc2n1C1CCCCC1(C)C. The van der Waals surface area contributed by atoms with Crippen molar-refractivity contribution < 1.29 is 9.90 Å². The quantitative estimate of drug-likeness (QED) is 0.900. The maximum Gasteiger partial charge on any atom is 0.335 e. The average Bonchev–Trinajstić information content (AvgIpc) is 2.73. The molecule has 1 atom stereocenters. The fourth-order valence-electron chi connectivity index (χ4n) is 3.70. The zero-order chi connectivity index (χ0) is 15.2. The predicted molar refractivity (Wildman–Crippen MR) is 82.7 cm³/mol. The Morgan fingerprint density at radius 2 is 2.14 bits per heavy atom. The highest BCUT2D eigenvalue weighted by Gasteiger charge is 2.35. The third-order valence-corrected chi connectivity index (χ3v) is 4.88. The normalized spacial score (nSPS) is 21.6. The van der Waals surface area contributed by atoms with Gasteiger partial charge >= 0.3 is 5.97 Å². The molecular weight excluding hydrogens is 264 g/mol. The number of carbonyl (C=O) groups is 1. The smallest absolute Gasteiger partial charge is 0.335 e. The Hall–Kier alpha value is -1.84. The van der Waals surface area contributed by atoms with Crippen molar-refractivity contribution in [3.8, 4) is 0 Å². The first kappa shape index (κ1) is 14.1. The number of hydrogen-bond acceptors (Lipinski definition) is 2. The van der Waals surface area contributed by atoms with Crippen molar-refractivity contribution in [2.24, 2.45) is 5.41 Å². The molecule has 0 bridgehead atoms. The minimum Gasteiger partial charge on any atom is -0.478 e. The Morgan fingerprint density at radius 3 is 2.81 bits per heavy atom. The van der Waals surface area contributed by atoms with Gasteiger partial charge in [-0.3, -0.25) is 0 Å². The largest absolute Gasteiger partial charge is 0.478 e. The lowest BCUT2D eigenvalue weighted by molar-refractivity contribution is 0.0697. The number of carboxylic acids is 1. The molecule has 1 aliphatic carbocycles. The van der Waals surface area contributed by atoms with Crippen LogP contribution in [0.1, 0.15) is 61.8 Å². The lowest BCUT2D eigenvalue weighted by Gasteiger charge is -2.40. The van der Waals surface area contributed by atoms with E-state index in [1.807, 2.05) is 13.0 Å². The first-order chi connectivity index (χ1) is 9.90. The molecule has 0 radical (unpaired) electrons. The van der Waals surface area contributed by atoms with Gasteiger partial charge in [0.2, 0.25) is 0 Å². The number of rotatable bonds is 2. The van der Waals surface area contributed by atoms with Gasteiger partial charge in [0, 0.05) is 6.04 Å². The molecule has 1 saturated carbocycles. The summed E-state index contributed by atoms with van der Waals surface area (Å²) in [6, 6.07) is 5.70. The number of nitrogens with zero attached hydrogens (tertiary/aromatic N) is 2. The van der Waals surface area contributed by atoms with E-state index < -0.39 is 5.97 Å². The topological polar surface area (TPSA) is 55.1 Å². The summed E-state index contributed by atoms with van der Waals surface area (Å²) in [5.74, 6) is 0.0783. The number of imidazole rings is 1. The van der Waals surface area contributed by atoms with Gasteiger partial charge in [-0.2, -0.15) is 0 Å². The van der Waals surface area contributed by atoms with Crippen LogP contribution in [0.25, 0.3) is 11.0 Å². The zero-order valence-corrected chi connectivity index (χ0v) is 12.9. The van der Waals surface area contributed by atoms with E-state index in [0.717, 1.165) is 16.9 Å². The molecule has 0 spiro atoms. The van der Waals surface area contributed by atoms with Crippen molar-refractivity contribution in [3.63, 3.8) is 0 Å². The summed E-state index contributed by atoms with van der Waals surface area (Å²) in [6.45, 7) is 6.67. The third kappa shape index (κ3) is 2.33. The van der Waals surface area contributed by atoms with E-state index in [9.17, 15) is 4.79 Å². The molecule has 0 saturated heterocycles. The molecule has 4 nitrogen and oxygen atoms in total. The summed E-state index contributed by atoms with van der Waals surface area (Å²) in [5.41, 5.74) is 2.39. The van der Waals surface area contributed by atoms with Gasteiger partial charge in [0.05, 0.1) is 16.6 Å². The van der Waals surface area contributed by atoms with Crippen molar-refractivity contribution in [3.05, 3.63) is 29.6 Å². The molecule has 1 aromatic heterocycles. The highest BCUT2D eigenvalue weighted by Crippen LogP contribution is 2.45. The molecule has 3 rings (SSSR count). The molecule has 112 valence electrons. The second-order valence-electron chi connectivity index (χ2n) is 6.79. The van der Waals surface area contributed by atoms with Crippen LogP contribution in [0.5, 0.6) is 0 Å². The van der Waals surface area contributed by atoms with Crippen LogP contribution < -0.4 is 0 Å². The maximum atomic E-state index is 11.1. The van der Waals surface area contributed by atoms with Crippen LogP contribution in [0.4, 0.5) is 0 Å². The molecule has 1 heterocycles. The molecule has 1 fully saturated rings. The summed E-state index contributed by atoms with van der Waals surface area (Å²) < 4.78 is 2.32. The van der Waals surface area contributed by atoms with E-state index in [2.05, 4.69) is 23.4 Å². The van der Waals surface area contributed by atoms with E-state index in [4.69, 9.17) is 5.11 Å². The number of aromatic nitrogens is 2. The van der Waals surface area contributed by atoms with E-state index in [1.54, 1.807) is 12.1 Å². The molecular formula is C17H22N2O2. The lowest BCUT2D eigenvalue weighted by atomic mass is 9.73. The highest BCUT2D eigenvalue weighted by molar-refractivity contribution is 5.92. The van der Waals surface area contributed by atoms with Crippen molar-refractivity contribution >= 4 is 17.0 Å². The van der Waals surface area contributed by atoms with Crippen molar-refractivity contribution in [1.82, 2.24) is 9.55 Å². The van der Waals surface area contributed by atoms with Crippen LogP contribution in [0.2, 0.25) is 0 Å². The van der Waals surface area contributed by atoms with Gasteiger partial charge in [0.25, 0.3) is 0 Å². The summed E-state index contributed by atoms with van der Waals surface area (Å²) in [5, 5.41) is 9.12. The summed E-state index contributed by atoms with van der Waals surface area (Å²) >= 11 is 0. The van der Waals surface area contributed by atoms with Crippen LogP contribution >= 0.6 is 0 Å². The number of fused-ring (bicyclic) bond motifs is 1. The monoisotopic (exact) mass is 286 g/mol. The van der Waals surface area contributed by atoms with Gasteiger partial charge < -0.3 is 9.67 Å². The Morgan fingerprint density at radius 1 is 1.38 bits per heavy atom. The molecule has 0 aliphatic heterocycles. The fraction of sp³-hybridized carbons (Fsp3) is 0.529.